The minimum Gasteiger partial charge on any atom is -0.396 e. The summed E-state index contributed by atoms with van der Waals surface area (Å²) < 4.78 is 0. The normalized spacial score (nSPS) is 18.2. The number of aliphatic hydroxyl groups is 1. The molecule has 1 aliphatic rings. The van der Waals surface area contributed by atoms with Crippen LogP contribution in [0, 0.1) is 16.7 Å². The van der Waals surface area contributed by atoms with Gasteiger partial charge >= 0.3 is 0 Å². The first kappa shape index (κ1) is 10.5. The second kappa shape index (κ2) is 5.21. The van der Waals surface area contributed by atoms with E-state index in [1.807, 2.05) is 0 Å². The summed E-state index contributed by atoms with van der Waals surface area (Å²) in [6.07, 6.45) is 5.00. The van der Waals surface area contributed by atoms with Crippen LogP contribution >= 0.6 is 0 Å². The molecule has 3 heteroatoms. The van der Waals surface area contributed by atoms with Crippen LogP contribution in [0.25, 0.3) is 0 Å². The molecule has 0 aromatic heterocycles. The van der Waals surface area contributed by atoms with Gasteiger partial charge in [0.2, 0.25) is 0 Å². The van der Waals surface area contributed by atoms with Gasteiger partial charge in [0, 0.05) is 19.6 Å². The molecule has 0 atom stereocenters. The Labute approximate surface area is 79.8 Å². The Kier molecular flexibility index (Phi) is 4.20. The smallest absolute Gasteiger partial charge is 0.0622 e. The van der Waals surface area contributed by atoms with Crippen LogP contribution < -0.4 is 5.32 Å². The maximum absolute atomic E-state index is 8.81. The van der Waals surface area contributed by atoms with Crippen molar-refractivity contribution in [2.75, 3.05) is 19.7 Å². The van der Waals surface area contributed by atoms with Gasteiger partial charge in [-0.25, -0.2) is 0 Å². The minimum absolute atomic E-state index is 0.305. The molecule has 0 spiro atoms. The second-order valence-corrected chi connectivity index (χ2v) is 3.91. The van der Waals surface area contributed by atoms with E-state index in [4.69, 9.17) is 10.4 Å². The van der Waals surface area contributed by atoms with Crippen molar-refractivity contribution in [3.63, 3.8) is 0 Å². The van der Waals surface area contributed by atoms with Crippen molar-refractivity contribution in [2.45, 2.75) is 32.1 Å². The van der Waals surface area contributed by atoms with E-state index in [-0.39, 0.29) is 0 Å². The lowest BCUT2D eigenvalue weighted by Gasteiger charge is -2.13. The second-order valence-electron chi connectivity index (χ2n) is 3.91. The summed E-state index contributed by atoms with van der Waals surface area (Å²) in [5, 5.41) is 20.5. The van der Waals surface area contributed by atoms with E-state index in [1.165, 1.54) is 12.8 Å². The van der Waals surface area contributed by atoms with E-state index < -0.39 is 0 Å². The van der Waals surface area contributed by atoms with Gasteiger partial charge in [-0.15, -0.1) is 0 Å². The van der Waals surface area contributed by atoms with Crippen LogP contribution in [-0.2, 0) is 0 Å². The Morgan fingerprint density at radius 1 is 1.46 bits per heavy atom. The Morgan fingerprint density at radius 3 is 2.77 bits per heavy atom. The number of nitrogens with one attached hydrogen (secondary N) is 1. The van der Waals surface area contributed by atoms with E-state index in [2.05, 4.69) is 11.4 Å². The fraction of sp³-hybridized carbons (Fsp3) is 0.900. The lowest BCUT2D eigenvalue weighted by atomic mass is 10.0. The number of aliphatic hydroxyl groups excluding tert-OH is 1. The van der Waals surface area contributed by atoms with Gasteiger partial charge in [0.1, 0.15) is 0 Å². The highest BCUT2D eigenvalue weighted by Crippen LogP contribution is 2.47. The Morgan fingerprint density at radius 2 is 2.23 bits per heavy atom. The Hall–Kier alpha value is -0.590. The standard InChI is InChI=1S/C10H18N2O/c11-6-1-2-7-12-9-10(3-4-10)5-8-13/h12-13H,1-5,7-9H2. The molecule has 0 aromatic carbocycles. The van der Waals surface area contributed by atoms with Crippen molar-refractivity contribution < 1.29 is 5.11 Å². The van der Waals surface area contributed by atoms with Gasteiger partial charge in [0.15, 0.2) is 0 Å². The quantitative estimate of drug-likeness (QED) is 0.578. The fourth-order valence-corrected chi connectivity index (χ4v) is 1.58. The van der Waals surface area contributed by atoms with Gasteiger partial charge in [0.25, 0.3) is 0 Å². The zero-order valence-corrected chi connectivity index (χ0v) is 8.05. The number of hydrogen-bond acceptors (Lipinski definition) is 3. The molecule has 0 unspecified atom stereocenters. The molecule has 13 heavy (non-hydrogen) atoms. The summed E-state index contributed by atoms with van der Waals surface area (Å²) in [5.41, 5.74) is 0.404. The minimum atomic E-state index is 0.305. The highest BCUT2D eigenvalue weighted by atomic mass is 16.3. The van der Waals surface area contributed by atoms with Gasteiger partial charge in [-0.3, -0.25) is 0 Å². The van der Waals surface area contributed by atoms with Gasteiger partial charge in [-0.05, 0) is 37.6 Å². The first-order valence-corrected chi connectivity index (χ1v) is 5.01. The number of rotatable bonds is 7. The van der Waals surface area contributed by atoms with Crippen molar-refractivity contribution in [3.05, 3.63) is 0 Å². The molecule has 0 bridgehead atoms. The molecule has 1 rings (SSSR count). The first-order chi connectivity index (χ1) is 6.33. The van der Waals surface area contributed by atoms with Crippen molar-refractivity contribution in [2.24, 2.45) is 5.41 Å². The van der Waals surface area contributed by atoms with Crippen LogP contribution in [0.15, 0.2) is 0 Å². The third-order valence-electron chi connectivity index (χ3n) is 2.74. The van der Waals surface area contributed by atoms with Crippen LogP contribution in [0.2, 0.25) is 0 Å². The SMILES string of the molecule is N#CCCCNCC1(CCO)CC1. The lowest BCUT2D eigenvalue weighted by Crippen LogP contribution is -2.25. The summed E-state index contributed by atoms with van der Waals surface area (Å²) in [6.45, 7) is 2.25. The molecule has 0 heterocycles. The zero-order chi connectivity index (χ0) is 9.57. The van der Waals surface area contributed by atoms with Crippen LogP contribution in [0.3, 0.4) is 0 Å². The topological polar surface area (TPSA) is 56.0 Å². The number of nitriles is 1. The summed E-state index contributed by atoms with van der Waals surface area (Å²) in [7, 11) is 0. The van der Waals surface area contributed by atoms with Gasteiger partial charge in [-0.1, -0.05) is 0 Å². The molecule has 3 nitrogen and oxygen atoms in total. The summed E-state index contributed by atoms with van der Waals surface area (Å²) >= 11 is 0. The molecule has 0 amide bonds. The largest absolute Gasteiger partial charge is 0.396 e. The Bertz CT molecular complexity index is 182. The number of hydrogen-bond donors (Lipinski definition) is 2. The summed E-state index contributed by atoms with van der Waals surface area (Å²) in [4.78, 5) is 0. The van der Waals surface area contributed by atoms with Gasteiger partial charge in [0.05, 0.1) is 6.07 Å². The van der Waals surface area contributed by atoms with Crippen LogP contribution in [0.4, 0.5) is 0 Å². The lowest BCUT2D eigenvalue weighted by molar-refractivity contribution is 0.245. The highest BCUT2D eigenvalue weighted by Gasteiger charge is 2.40. The third kappa shape index (κ3) is 3.75. The molecule has 74 valence electrons. The molecular weight excluding hydrogens is 164 g/mol. The average molecular weight is 182 g/mol. The Balaban J connectivity index is 1.96. The van der Waals surface area contributed by atoms with Crippen LogP contribution in [0.1, 0.15) is 32.1 Å². The van der Waals surface area contributed by atoms with Crippen LogP contribution in [0.5, 0.6) is 0 Å². The molecule has 0 radical (unpaired) electrons. The molecule has 0 aromatic rings. The average Bonchev–Trinajstić information content (AvgIpc) is 2.86. The zero-order valence-electron chi connectivity index (χ0n) is 8.05. The number of nitrogens with zero attached hydrogens (tertiary/aromatic N) is 1. The summed E-state index contributed by atoms with van der Waals surface area (Å²) in [5.74, 6) is 0. The monoisotopic (exact) mass is 182 g/mol. The molecule has 1 saturated carbocycles. The van der Waals surface area contributed by atoms with E-state index in [0.29, 0.717) is 18.4 Å². The maximum atomic E-state index is 8.81. The molecule has 2 N–H and O–H groups in total. The van der Waals surface area contributed by atoms with E-state index in [9.17, 15) is 0 Å². The van der Waals surface area contributed by atoms with Gasteiger partial charge in [-0.2, -0.15) is 5.26 Å². The predicted octanol–water partition coefficient (Wildman–Crippen LogP) is 1.04. The van der Waals surface area contributed by atoms with Crippen LogP contribution in [-0.4, -0.2) is 24.8 Å². The molecule has 1 aliphatic carbocycles. The third-order valence-corrected chi connectivity index (χ3v) is 2.74. The number of unbranched alkanes of at least 4 members (excludes halogenated alkanes) is 1. The first-order valence-electron chi connectivity index (χ1n) is 5.01. The molecule has 1 fully saturated rings. The molecular formula is C10H18N2O. The molecule has 0 aliphatic heterocycles. The van der Waals surface area contributed by atoms with Crippen molar-refractivity contribution >= 4 is 0 Å². The maximum Gasteiger partial charge on any atom is 0.0622 e. The fourth-order valence-electron chi connectivity index (χ4n) is 1.58. The molecule has 0 saturated heterocycles. The van der Waals surface area contributed by atoms with E-state index in [0.717, 1.165) is 25.9 Å². The van der Waals surface area contributed by atoms with Crippen molar-refractivity contribution in [1.29, 1.82) is 5.26 Å². The van der Waals surface area contributed by atoms with E-state index in [1.54, 1.807) is 0 Å². The highest BCUT2D eigenvalue weighted by molar-refractivity contribution is 4.94. The van der Waals surface area contributed by atoms with E-state index >= 15 is 0 Å². The summed E-state index contributed by atoms with van der Waals surface area (Å²) in [6, 6.07) is 2.13. The van der Waals surface area contributed by atoms with Crippen molar-refractivity contribution in [3.8, 4) is 6.07 Å². The predicted molar refractivity (Wildman–Crippen MR) is 51.1 cm³/mol. The van der Waals surface area contributed by atoms with Crippen molar-refractivity contribution in [1.82, 2.24) is 5.32 Å². The van der Waals surface area contributed by atoms with Gasteiger partial charge < -0.3 is 10.4 Å².